The number of rotatable bonds is 3. The van der Waals surface area contributed by atoms with Gasteiger partial charge < -0.3 is 20.3 Å². The molecule has 2 aromatic rings. The molecule has 8 heteroatoms. The molecule has 2 aromatic carbocycles. The maximum absolute atomic E-state index is 12.7. The second-order valence-electron chi connectivity index (χ2n) is 8.22. The van der Waals surface area contributed by atoms with Crippen molar-refractivity contribution in [1.29, 1.82) is 0 Å². The van der Waals surface area contributed by atoms with Gasteiger partial charge >= 0.3 is 6.09 Å². The van der Waals surface area contributed by atoms with Gasteiger partial charge in [-0.1, -0.05) is 35.3 Å². The molecular formula is C22H25Cl2N3O3. The maximum Gasteiger partial charge on any atom is 0.410 e. The van der Waals surface area contributed by atoms with Crippen LogP contribution in [0, 0.1) is 0 Å². The van der Waals surface area contributed by atoms with E-state index >= 15 is 0 Å². The molecule has 1 aliphatic heterocycles. The Morgan fingerprint density at radius 1 is 1.07 bits per heavy atom. The van der Waals surface area contributed by atoms with Crippen LogP contribution in [-0.4, -0.2) is 42.1 Å². The summed E-state index contributed by atoms with van der Waals surface area (Å²) in [4.78, 5) is 28.0. The van der Waals surface area contributed by atoms with Gasteiger partial charge in [-0.25, -0.2) is 4.79 Å². The van der Waals surface area contributed by atoms with Gasteiger partial charge in [-0.2, -0.15) is 0 Å². The van der Waals surface area contributed by atoms with Gasteiger partial charge in [0.05, 0.1) is 16.8 Å². The van der Waals surface area contributed by atoms with Crippen LogP contribution in [0.5, 0.6) is 0 Å². The Morgan fingerprint density at radius 2 is 1.73 bits per heavy atom. The number of nitrogens with two attached hydrogens (primary N) is 1. The third kappa shape index (κ3) is 5.18. The Morgan fingerprint density at radius 3 is 2.30 bits per heavy atom. The highest BCUT2D eigenvalue weighted by Crippen LogP contribution is 2.36. The molecule has 30 heavy (non-hydrogen) atoms. The molecule has 1 heterocycles. The molecule has 1 atom stereocenters. The number of hydrogen-bond donors (Lipinski definition) is 1. The fraction of sp³-hybridized carbons (Fsp3) is 0.364. The molecule has 6 nitrogen and oxygen atoms in total. The zero-order chi connectivity index (χ0) is 22.1. The molecule has 0 aliphatic carbocycles. The first kappa shape index (κ1) is 22.2. The third-order valence-electron chi connectivity index (χ3n) is 4.83. The summed E-state index contributed by atoms with van der Waals surface area (Å²) in [7, 11) is 0. The summed E-state index contributed by atoms with van der Waals surface area (Å²) in [6.45, 7) is 6.98. The van der Waals surface area contributed by atoms with Crippen LogP contribution in [0.1, 0.15) is 42.7 Å². The van der Waals surface area contributed by atoms with E-state index in [0.29, 0.717) is 35.2 Å². The van der Waals surface area contributed by atoms with Crippen LogP contribution in [0.25, 0.3) is 0 Å². The van der Waals surface area contributed by atoms with E-state index in [2.05, 4.69) is 4.90 Å². The first-order valence-corrected chi connectivity index (χ1v) is 10.4. The van der Waals surface area contributed by atoms with Gasteiger partial charge in [0, 0.05) is 30.2 Å². The van der Waals surface area contributed by atoms with Crippen LogP contribution in [0.3, 0.4) is 0 Å². The number of primary amides is 1. The van der Waals surface area contributed by atoms with E-state index < -0.39 is 11.5 Å². The number of anilines is 1. The Balaban J connectivity index is 1.93. The molecule has 160 valence electrons. The van der Waals surface area contributed by atoms with Crippen molar-refractivity contribution < 1.29 is 14.3 Å². The van der Waals surface area contributed by atoms with Gasteiger partial charge in [0.1, 0.15) is 5.60 Å². The fourth-order valence-electron chi connectivity index (χ4n) is 3.43. The number of carbonyl (C=O) groups is 2. The van der Waals surface area contributed by atoms with Gasteiger partial charge in [0.25, 0.3) is 0 Å². The van der Waals surface area contributed by atoms with E-state index in [4.69, 9.17) is 33.7 Å². The topological polar surface area (TPSA) is 75.9 Å². The standard InChI is InChI=1S/C22H25Cl2N3O3/c1-22(2,3)30-21(29)26-10-11-27(18-9-6-15(20(25)28)12-17(18)24)19(13-26)14-4-7-16(23)8-5-14/h4-9,12,19H,10-11,13H2,1-3H3,(H2,25,28). The third-order valence-corrected chi connectivity index (χ3v) is 5.38. The lowest BCUT2D eigenvalue weighted by molar-refractivity contribution is 0.0214. The number of nitrogens with zero attached hydrogens (tertiary/aromatic N) is 2. The molecule has 0 radical (unpaired) electrons. The number of piperazine rings is 1. The second kappa shape index (κ2) is 8.74. The van der Waals surface area contributed by atoms with Crippen molar-refractivity contribution in [2.24, 2.45) is 5.73 Å². The van der Waals surface area contributed by atoms with Crippen molar-refractivity contribution in [3.05, 3.63) is 63.6 Å². The Kier molecular flexibility index (Phi) is 6.48. The number of halogens is 2. The summed E-state index contributed by atoms with van der Waals surface area (Å²) in [6.07, 6.45) is -0.351. The maximum atomic E-state index is 12.7. The van der Waals surface area contributed by atoms with Gasteiger partial charge in [-0.15, -0.1) is 0 Å². The summed E-state index contributed by atoms with van der Waals surface area (Å²) in [5.74, 6) is -0.535. The van der Waals surface area contributed by atoms with E-state index in [1.54, 1.807) is 23.1 Å². The molecule has 0 spiro atoms. The number of benzene rings is 2. The lowest BCUT2D eigenvalue weighted by Crippen LogP contribution is -2.51. The summed E-state index contributed by atoms with van der Waals surface area (Å²) in [6, 6.07) is 12.4. The molecular weight excluding hydrogens is 425 g/mol. The highest BCUT2D eigenvalue weighted by atomic mass is 35.5. The summed E-state index contributed by atoms with van der Waals surface area (Å²) >= 11 is 12.6. The van der Waals surface area contributed by atoms with Gasteiger partial charge in [-0.05, 0) is 56.7 Å². The first-order chi connectivity index (χ1) is 14.0. The lowest BCUT2D eigenvalue weighted by Gasteiger charge is -2.43. The Labute approximate surface area is 186 Å². The Bertz CT molecular complexity index is 942. The van der Waals surface area contributed by atoms with Crippen LogP contribution in [-0.2, 0) is 4.74 Å². The van der Waals surface area contributed by atoms with Crippen LogP contribution >= 0.6 is 23.2 Å². The smallest absolute Gasteiger partial charge is 0.410 e. The molecule has 1 saturated heterocycles. The second-order valence-corrected chi connectivity index (χ2v) is 9.06. The highest BCUT2D eigenvalue weighted by Gasteiger charge is 2.34. The van der Waals surface area contributed by atoms with Crippen molar-refractivity contribution in [2.45, 2.75) is 32.4 Å². The molecule has 0 bridgehead atoms. The number of amides is 2. The molecule has 2 N–H and O–H groups in total. The molecule has 0 aromatic heterocycles. The minimum atomic E-state index is -0.572. The predicted molar refractivity (Wildman–Crippen MR) is 119 cm³/mol. The van der Waals surface area contributed by atoms with Crippen molar-refractivity contribution in [3.63, 3.8) is 0 Å². The average molecular weight is 450 g/mol. The number of ether oxygens (including phenoxy) is 1. The normalized spacial score (nSPS) is 17.0. The van der Waals surface area contributed by atoms with E-state index in [9.17, 15) is 9.59 Å². The van der Waals surface area contributed by atoms with Crippen LogP contribution in [0.15, 0.2) is 42.5 Å². The van der Waals surface area contributed by atoms with Crippen molar-refractivity contribution >= 4 is 40.9 Å². The SMILES string of the molecule is CC(C)(C)OC(=O)N1CCN(c2ccc(C(N)=O)cc2Cl)C(c2ccc(Cl)cc2)C1. The van der Waals surface area contributed by atoms with Crippen molar-refractivity contribution in [2.75, 3.05) is 24.5 Å². The van der Waals surface area contributed by atoms with Gasteiger partial charge in [-0.3, -0.25) is 4.79 Å². The van der Waals surface area contributed by atoms with Crippen molar-refractivity contribution in [3.8, 4) is 0 Å². The minimum Gasteiger partial charge on any atom is -0.444 e. The molecule has 1 unspecified atom stereocenters. The van der Waals surface area contributed by atoms with Gasteiger partial charge in [0.2, 0.25) is 5.91 Å². The molecule has 3 rings (SSSR count). The molecule has 2 amide bonds. The average Bonchev–Trinajstić information content (AvgIpc) is 2.67. The fourth-order valence-corrected chi connectivity index (χ4v) is 3.84. The highest BCUT2D eigenvalue weighted by molar-refractivity contribution is 6.33. The van der Waals surface area contributed by atoms with Crippen molar-refractivity contribution in [1.82, 2.24) is 4.90 Å². The van der Waals surface area contributed by atoms with E-state index in [1.165, 1.54) is 0 Å². The van der Waals surface area contributed by atoms with Crippen LogP contribution < -0.4 is 10.6 Å². The Hall–Kier alpha value is -2.44. The monoisotopic (exact) mass is 449 g/mol. The van der Waals surface area contributed by atoms with Gasteiger partial charge in [0.15, 0.2) is 0 Å². The van der Waals surface area contributed by atoms with E-state index in [-0.39, 0.29) is 12.1 Å². The zero-order valence-electron chi connectivity index (χ0n) is 17.2. The van der Waals surface area contributed by atoms with Crippen LogP contribution in [0.4, 0.5) is 10.5 Å². The van der Waals surface area contributed by atoms with E-state index in [1.807, 2.05) is 45.0 Å². The first-order valence-electron chi connectivity index (χ1n) is 9.64. The largest absolute Gasteiger partial charge is 0.444 e. The quantitative estimate of drug-likeness (QED) is 0.723. The van der Waals surface area contributed by atoms with E-state index in [0.717, 1.165) is 11.3 Å². The predicted octanol–water partition coefficient (Wildman–Crippen LogP) is 4.89. The summed E-state index contributed by atoms with van der Waals surface area (Å²) < 4.78 is 5.56. The molecule has 1 fully saturated rings. The summed E-state index contributed by atoms with van der Waals surface area (Å²) in [5.41, 5.74) is 6.90. The number of hydrogen-bond acceptors (Lipinski definition) is 4. The summed E-state index contributed by atoms with van der Waals surface area (Å²) in [5, 5.41) is 1.06. The van der Waals surface area contributed by atoms with Crippen LogP contribution in [0.2, 0.25) is 10.0 Å². The minimum absolute atomic E-state index is 0.166. The number of carbonyl (C=O) groups excluding carboxylic acids is 2. The lowest BCUT2D eigenvalue weighted by atomic mass is 10.0. The molecule has 1 aliphatic rings. The zero-order valence-corrected chi connectivity index (χ0v) is 18.7. The molecule has 0 saturated carbocycles.